The Kier molecular flexibility index (Phi) is 5.32. The zero-order valence-electron chi connectivity index (χ0n) is 9.24. The Balaban J connectivity index is 2.71. The number of aromatic hydroxyl groups is 1. The molecule has 3 nitrogen and oxygen atoms in total. The largest absolute Gasteiger partial charge is 0.506 e. The van der Waals surface area contributed by atoms with Crippen LogP contribution in [0.1, 0.15) is 18.9 Å². The van der Waals surface area contributed by atoms with Crippen LogP contribution in [0.2, 0.25) is 10.0 Å². The predicted octanol–water partition coefficient (Wildman–Crippen LogP) is 3.67. The van der Waals surface area contributed by atoms with E-state index in [0.717, 1.165) is 0 Å². The molecule has 0 spiro atoms. The van der Waals surface area contributed by atoms with Crippen molar-refractivity contribution in [1.29, 1.82) is 0 Å². The van der Waals surface area contributed by atoms with Crippen molar-refractivity contribution in [3.8, 4) is 5.75 Å². The molecular formula is C12H12Cl2O3. The van der Waals surface area contributed by atoms with E-state index in [0.29, 0.717) is 17.2 Å². The van der Waals surface area contributed by atoms with E-state index in [-0.39, 0.29) is 23.2 Å². The molecule has 1 aromatic carbocycles. The summed E-state index contributed by atoms with van der Waals surface area (Å²) in [6.45, 7) is 2.11. The highest BCUT2D eigenvalue weighted by atomic mass is 35.5. The van der Waals surface area contributed by atoms with Gasteiger partial charge in [0, 0.05) is 6.07 Å². The number of halogens is 2. The first-order valence-electron chi connectivity index (χ1n) is 5.04. The van der Waals surface area contributed by atoms with Gasteiger partial charge in [-0.15, -0.1) is 0 Å². The van der Waals surface area contributed by atoms with Gasteiger partial charge in [-0.2, -0.15) is 0 Å². The molecule has 0 saturated carbocycles. The van der Waals surface area contributed by atoms with Crippen LogP contribution in [0.5, 0.6) is 5.75 Å². The molecule has 0 aromatic heterocycles. The van der Waals surface area contributed by atoms with E-state index in [4.69, 9.17) is 27.9 Å². The molecule has 0 aliphatic carbocycles. The van der Waals surface area contributed by atoms with Crippen molar-refractivity contribution < 1.29 is 14.6 Å². The maximum Gasteiger partial charge on any atom is 0.309 e. The summed E-state index contributed by atoms with van der Waals surface area (Å²) in [5.74, 6) is -0.371. The van der Waals surface area contributed by atoms with E-state index in [1.807, 2.05) is 0 Å². The molecule has 0 radical (unpaired) electrons. The number of phenolic OH excluding ortho intramolecular Hbond substituents is 1. The number of carbonyl (C=O) groups is 1. The van der Waals surface area contributed by atoms with E-state index in [2.05, 4.69) is 0 Å². The first-order valence-corrected chi connectivity index (χ1v) is 5.80. The van der Waals surface area contributed by atoms with Gasteiger partial charge >= 0.3 is 5.97 Å². The van der Waals surface area contributed by atoms with Crippen molar-refractivity contribution in [3.05, 3.63) is 33.8 Å². The Morgan fingerprint density at radius 1 is 1.41 bits per heavy atom. The molecule has 0 aliphatic rings. The summed E-state index contributed by atoms with van der Waals surface area (Å²) in [5.41, 5.74) is 0.638. The molecule has 5 heteroatoms. The van der Waals surface area contributed by atoms with Crippen LogP contribution < -0.4 is 0 Å². The van der Waals surface area contributed by atoms with Gasteiger partial charge in [0.25, 0.3) is 0 Å². The van der Waals surface area contributed by atoms with Gasteiger partial charge in [0.15, 0.2) is 0 Å². The summed E-state index contributed by atoms with van der Waals surface area (Å²) in [5, 5.41) is 9.87. The van der Waals surface area contributed by atoms with Gasteiger partial charge in [0.1, 0.15) is 5.75 Å². The van der Waals surface area contributed by atoms with Gasteiger partial charge in [-0.1, -0.05) is 35.4 Å². The summed E-state index contributed by atoms with van der Waals surface area (Å²) in [6.07, 6.45) is 3.46. The van der Waals surface area contributed by atoms with Crippen molar-refractivity contribution >= 4 is 35.2 Å². The van der Waals surface area contributed by atoms with Gasteiger partial charge in [0.05, 0.1) is 23.1 Å². The molecule has 0 amide bonds. The minimum Gasteiger partial charge on any atom is -0.506 e. The summed E-state index contributed by atoms with van der Waals surface area (Å²) >= 11 is 11.6. The first kappa shape index (κ1) is 13.9. The lowest BCUT2D eigenvalue weighted by Crippen LogP contribution is -2.01. The molecule has 0 bridgehead atoms. The molecular weight excluding hydrogens is 263 g/mol. The monoisotopic (exact) mass is 274 g/mol. The quantitative estimate of drug-likeness (QED) is 0.853. The lowest BCUT2D eigenvalue weighted by Gasteiger charge is -2.02. The van der Waals surface area contributed by atoms with Crippen LogP contribution in [0, 0.1) is 0 Å². The Labute approximate surface area is 110 Å². The Bertz CT molecular complexity index is 442. The van der Waals surface area contributed by atoms with Crippen molar-refractivity contribution in [2.45, 2.75) is 13.3 Å². The lowest BCUT2D eigenvalue weighted by molar-refractivity contribution is -0.142. The number of phenols is 1. The van der Waals surface area contributed by atoms with Crippen molar-refractivity contribution in [3.63, 3.8) is 0 Å². The highest BCUT2D eigenvalue weighted by molar-refractivity contribution is 6.35. The maximum atomic E-state index is 11.1. The van der Waals surface area contributed by atoms with E-state index in [9.17, 15) is 9.90 Å². The standard InChI is InChI=1S/C12H12Cl2O3/c1-2-17-12(16)5-3-4-8-6-10(14)11(15)7-9(8)13/h3-4,6-7,15H,2,5H2,1H3. The number of rotatable bonds is 4. The first-order chi connectivity index (χ1) is 8.04. The molecule has 0 heterocycles. The summed E-state index contributed by atoms with van der Waals surface area (Å²) < 4.78 is 4.76. The molecule has 0 unspecified atom stereocenters. The van der Waals surface area contributed by atoms with Crippen LogP contribution in [0.15, 0.2) is 18.2 Å². The Morgan fingerprint density at radius 2 is 2.12 bits per heavy atom. The molecule has 0 saturated heterocycles. The smallest absolute Gasteiger partial charge is 0.309 e. The van der Waals surface area contributed by atoms with Gasteiger partial charge < -0.3 is 9.84 Å². The molecule has 0 aliphatic heterocycles. The summed E-state index contributed by atoms with van der Waals surface area (Å²) in [7, 11) is 0. The average Bonchev–Trinajstić information content (AvgIpc) is 2.26. The molecule has 0 atom stereocenters. The highest BCUT2D eigenvalue weighted by Gasteiger charge is 2.04. The van der Waals surface area contributed by atoms with Crippen LogP contribution in [0.4, 0.5) is 0 Å². The normalized spacial score (nSPS) is 10.8. The van der Waals surface area contributed by atoms with Gasteiger partial charge in [0.2, 0.25) is 0 Å². The summed E-state index contributed by atoms with van der Waals surface area (Å²) in [6, 6.07) is 2.88. The second kappa shape index (κ2) is 6.52. The SMILES string of the molecule is CCOC(=O)CC=Cc1cc(Cl)c(O)cc1Cl. The number of carbonyl (C=O) groups excluding carboxylic acids is 1. The van der Waals surface area contributed by atoms with Crippen LogP contribution in [0.25, 0.3) is 6.08 Å². The third kappa shape index (κ3) is 4.29. The van der Waals surface area contributed by atoms with Crippen LogP contribution in [-0.4, -0.2) is 17.7 Å². The number of hydrogen-bond donors (Lipinski definition) is 1. The molecule has 0 fully saturated rings. The molecule has 1 N–H and O–H groups in total. The molecule has 92 valence electrons. The zero-order valence-corrected chi connectivity index (χ0v) is 10.8. The predicted molar refractivity (Wildman–Crippen MR) is 68.4 cm³/mol. The maximum absolute atomic E-state index is 11.1. The van der Waals surface area contributed by atoms with E-state index >= 15 is 0 Å². The molecule has 1 aromatic rings. The number of hydrogen-bond acceptors (Lipinski definition) is 3. The minimum atomic E-state index is -0.301. The van der Waals surface area contributed by atoms with E-state index in [1.54, 1.807) is 19.1 Å². The number of benzene rings is 1. The minimum absolute atomic E-state index is 0.0702. The fourth-order valence-corrected chi connectivity index (χ4v) is 1.57. The number of ether oxygens (including phenoxy) is 1. The third-order valence-electron chi connectivity index (χ3n) is 1.95. The molecule has 17 heavy (non-hydrogen) atoms. The van der Waals surface area contributed by atoms with Gasteiger partial charge in [-0.3, -0.25) is 4.79 Å². The third-order valence-corrected chi connectivity index (χ3v) is 2.58. The van der Waals surface area contributed by atoms with Crippen LogP contribution in [-0.2, 0) is 9.53 Å². The zero-order chi connectivity index (χ0) is 12.8. The van der Waals surface area contributed by atoms with Crippen molar-refractivity contribution in [2.24, 2.45) is 0 Å². The van der Waals surface area contributed by atoms with Crippen LogP contribution in [0.3, 0.4) is 0 Å². The van der Waals surface area contributed by atoms with Crippen molar-refractivity contribution in [2.75, 3.05) is 6.61 Å². The topological polar surface area (TPSA) is 46.5 Å². The second-order valence-corrected chi connectivity index (χ2v) is 4.05. The second-order valence-electron chi connectivity index (χ2n) is 3.24. The fraction of sp³-hybridized carbons (Fsp3) is 0.250. The van der Waals surface area contributed by atoms with E-state index < -0.39 is 0 Å². The average molecular weight is 275 g/mol. The fourth-order valence-electron chi connectivity index (χ4n) is 1.18. The summed E-state index contributed by atoms with van der Waals surface area (Å²) in [4.78, 5) is 11.1. The van der Waals surface area contributed by atoms with E-state index in [1.165, 1.54) is 12.1 Å². The Morgan fingerprint density at radius 3 is 2.76 bits per heavy atom. The van der Waals surface area contributed by atoms with Crippen molar-refractivity contribution in [1.82, 2.24) is 0 Å². The van der Waals surface area contributed by atoms with Crippen LogP contribution >= 0.6 is 23.2 Å². The van der Waals surface area contributed by atoms with Gasteiger partial charge in [-0.25, -0.2) is 0 Å². The Hall–Kier alpha value is -1.19. The highest BCUT2D eigenvalue weighted by Crippen LogP contribution is 2.30. The number of esters is 1. The lowest BCUT2D eigenvalue weighted by atomic mass is 10.2. The van der Waals surface area contributed by atoms with Gasteiger partial charge in [-0.05, 0) is 18.6 Å². The molecule has 1 rings (SSSR count).